The van der Waals surface area contributed by atoms with Crippen LogP contribution in [0, 0.1) is 5.92 Å². The predicted molar refractivity (Wildman–Crippen MR) is 57.5 cm³/mol. The number of thiazole rings is 1. The van der Waals surface area contributed by atoms with E-state index in [0.717, 1.165) is 12.3 Å². The minimum atomic E-state index is 0.378. The van der Waals surface area contributed by atoms with Gasteiger partial charge in [0, 0.05) is 16.5 Å². The zero-order valence-corrected chi connectivity index (χ0v) is 9.31. The van der Waals surface area contributed by atoms with Crippen LogP contribution < -0.4 is 0 Å². The van der Waals surface area contributed by atoms with Crippen molar-refractivity contribution in [1.82, 2.24) is 4.98 Å². The molecule has 1 saturated carbocycles. The Morgan fingerprint density at radius 1 is 1.54 bits per heavy atom. The van der Waals surface area contributed by atoms with Gasteiger partial charge in [0.15, 0.2) is 0 Å². The highest BCUT2D eigenvalue weighted by atomic mass is 35.5. The van der Waals surface area contributed by atoms with Crippen molar-refractivity contribution in [2.45, 2.75) is 37.5 Å². The second kappa shape index (κ2) is 3.97. The molecular weight excluding hydrogens is 202 g/mol. The Balaban J connectivity index is 2.12. The molecule has 1 nitrogen and oxygen atoms in total. The number of aromatic nitrogens is 1. The van der Waals surface area contributed by atoms with Gasteiger partial charge in [-0.25, -0.2) is 0 Å². The van der Waals surface area contributed by atoms with Gasteiger partial charge in [0.05, 0.1) is 5.51 Å². The van der Waals surface area contributed by atoms with Gasteiger partial charge in [-0.1, -0.05) is 6.92 Å². The van der Waals surface area contributed by atoms with Crippen LogP contribution in [0.3, 0.4) is 0 Å². The van der Waals surface area contributed by atoms with E-state index in [4.69, 9.17) is 11.6 Å². The molecule has 0 aromatic carbocycles. The lowest BCUT2D eigenvalue weighted by Gasteiger charge is -2.30. The lowest BCUT2D eigenvalue weighted by Crippen LogP contribution is -2.20. The van der Waals surface area contributed by atoms with E-state index in [-0.39, 0.29) is 0 Å². The van der Waals surface area contributed by atoms with E-state index < -0.39 is 0 Å². The standard InChI is InChI=1S/C10H14ClNS/c1-7-2-3-8(11)4-9(7)10-5-12-6-13-10/h5-9H,2-4H2,1H3. The van der Waals surface area contributed by atoms with Crippen molar-refractivity contribution in [3.63, 3.8) is 0 Å². The zero-order valence-electron chi connectivity index (χ0n) is 7.74. The average Bonchev–Trinajstić information content (AvgIpc) is 2.61. The highest BCUT2D eigenvalue weighted by Gasteiger charge is 2.28. The number of hydrogen-bond donors (Lipinski definition) is 0. The molecule has 13 heavy (non-hydrogen) atoms. The summed E-state index contributed by atoms with van der Waals surface area (Å²) >= 11 is 7.94. The number of hydrogen-bond acceptors (Lipinski definition) is 2. The van der Waals surface area contributed by atoms with E-state index in [9.17, 15) is 0 Å². The maximum absolute atomic E-state index is 6.18. The molecule has 1 aliphatic rings. The fraction of sp³-hybridized carbons (Fsp3) is 0.700. The van der Waals surface area contributed by atoms with Crippen molar-refractivity contribution >= 4 is 22.9 Å². The smallest absolute Gasteiger partial charge is 0.0794 e. The van der Waals surface area contributed by atoms with Crippen LogP contribution in [0.2, 0.25) is 0 Å². The Morgan fingerprint density at radius 3 is 3.08 bits per heavy atom. The molecule has 3 heteroatoms. The van der Waals surface area contributed by atoms with Gasteiger partial charge in [-0.15, -0.1) is 22.9 Å². The minimum absolute atomic E-state index is 0.378. The van der Waals surface area contributed by atoms with Crippen molar-refractivity contribution in [3.8, 4) is 0 Å². The van der Waals surface area contributed by atoms with E-state index in [1.807, 2.05) is 11.7 Å². The molecular formula is C10H14ClNS. The van der Waals surface area contributed by atoms with Crippen molar-refractivity contribution < 1.29 is 0 Å². The van der Waals surface area contributed by atoms with Crippen LogP contribution in [0.4, 0.5) is 0 Å². The van der Waals surface area contributed by atoms with Crippen molar-refractivity contribution in [3.05, 3.63) is 16.6 Å². The van der Waals surface area contributed by atoms with Gasteiger partial charge < -0.3 is 0 Å². The molecule has 1 aromatic heterocycles. The Hall–Kier alpha value is -0.0800. The molecule has 3 atom stereocenters. The summed E-state index contributed by atoms with van der Waals surface area (Å²) in [6.07, 6.45) is 5.57. The van der Waals surface area contributed by atoms with Gasteiger partial charge in [0.25, 0.3) is 0 Å². The summed E-state index contributed by atoms with van der Waals surface area (Å²) in [5, 5.41) is 0.378. The summed E-state index contributed by atoms with van der Waals surface area (Å²) in [6.45, 7) is 2.33. The highest BCUT2D eigenvalue weighted by Crippen LogP contribution is 2.40. The first kappa shape index (κ1) is 9.47. The third kappa shape index (κ3) is 2.05. The molecule has 0 N–H and O–H groups in total. The first-order chi connectivity index (χ1) is 6.27. The third-order valence-electron chi connectivity index (χ3n) is 2.95. The molecule has 3 unspecified atom stereocenters. The van der Waals surface area contributed by atoms with Crippen LogP contribution in [0.15, 0.2) is 11.7 Å². The van der Waals surface area contributed by atoms with Gasteiger partial charge in [-0.2, -0.15) is 0 Å². The average molecular weight is 216 g/mol. The molecule has 0 spiro atoms. The molecule has 0 bridgehead atoms. The van der Waals surface area contributed by atoms with Gasteiger partial charge in [0.1, 0.15) is 0 Å². The largest absolute Gasteiger partial charge is 0.253 e. The van der Waals surface area contributed by atoms with Crippen LogP contribution in [-0.2, 0) is 0 Å². The number of alkyl halides is 1. The number of rotatable bonds is 1. The summed E-state index contributed by atoms with van der Waals surface area (Å²) < 4.78 is 0. The van der Waals surface area contributed by atoms with Crippen molar-refractivity contribution in [2.75, 3.05) is 0 Å². The molecule has 0 aliphatic heterocycles. The Bertz CT molecular complexity index is 260. The third-order valence-corrected chi connectivity index (χ3v) is 4.25. The van der Waals surface area contributed by atoms with E-state index in [0.29, 0.717) is 11.3 Å². The van der Waals surface area contributed by atoms with E-state index in [1.165, 1.54) is 17.7 Å². The van der Waals surface area contributed by atoms with E-state index >= 15 is 0 Å². The number of halogens is 1. The molecule has 2 rings (SSSR count). The summed E-state index contributed by atoms with van der Waals surface area (Å²) in [5.74, 6) is 1.43. The second-order valence-electron chi connectivity index (χ2n) is 3.90. The summed E-state index contributed by atoms with van der Waals surface area (Å²) in [5.41, 5.74) is 1.92. The lowest BCUT2D eigenvalue weighted by atomic mass is 9.79. The van der Waals surface area contributed by atoms with Crippen LogP contribution in [0.25, 0.3) is 0 Å². The normalized spacial score (nSPS) is 34.8. The summed E-state index contributed by atoms with van der Waals surface area (Å²) in [4.78, 5) is 5.55. The van der Waals surface area contributed by atoms with Gasteiger partial charge >= 0.3 is 0 Å². The molecule has 1 aliphatic carbocycles. The van der Waals surface area contributed by atoms with Crippen LogP contribution in [0.5, 0.6) is 0 Å². The van der Waals surface area contributed by atoms with Gasteiger partial charge in [-0.3, -0.25) is 4.98 Å². The summed E-state index contributed by atoms with van der Waals surface area (Å²) in [7, 11) is 0. The molecule has 1 aromatic rings. The van der Waals surface area contributed by atoms with Gasteiger partial charge in [-0.05, 0) is 31.1 Å². The fourth-order valence-corrected chi connectivity index (χ4v) is 3.26. The van der Waals surface area contributed by atoms with Crippen molar-refractivity contribution in [2.24, 2.45) is 5.92 Å². The lowest BCUT2D eigenvalue weighted by molar-refractivity contribution is 0.338. The van der Waals surface area contributed by atoms with Crippen LogP contribution in [0.1, 0.15) is 37.0 Å². The highest BCUT2D eigenvalue weighted by molar-refractivity contribution is 7.09. The molecule has 1 heterocycles. The van der Waals surface area contributed by atoms with E-state index in [2.05, 4.69) is 11.9 Å². The Morgan fingerprint density at radius 2 is 2.38 bits per heavy atom. The van der Waals surface area contributed by atoms with Crippen LogP contribution >= 0.6 is 22.9 Å². The fourth-order valence-electron chi connectivity index (χ4n) is 2.08. The van der Waals surface area contributed by atoms with Crippen molar-refractivity contribution in [1.29, 1.82) is 0 Å². The molecule has 0 amide bonds. The topological polar surface area (TPSA) is 12.9 Å². The SMILES string of the molecule is CC1CCC(Cl)CC1c1cncs1. The molecule has 72 valence electrons. The first-order valence-corrected chi connectivity index (χ1v) is 6.11. The zero-order chi connectivity index (χ0) is 9.26. The molecule has 0 radical (unpaired) electrons. The first-order valence-electron chi connectivity index (χ1n) is 4.80. The van der Waals surface area contributed by atoms with E-state index in [1.54, 1.807) is 11.3 Å². The second-order valence-corrected chi connectivity index (χ2v) is 5.43. The Kier molecular flexibility index (Phi) is 2.89. The Labute approximate surface area is 88.1 Å². The molecule has 1 fully saturated rings. The minimum Gasteiger partial charge on any atom is -0.253 e. The monoisotopic (exact) mass is 215 g/mol. The van der Waals surface area contributed by atoms with Gasteiger partial charge in [0.2, 0.25) is 0 Å². The maximum atomic E-state index is 6.18. The predicted octanol–water partition coefficient (Wildman–Crippen LogP) is 3.65. The van der Waals surface area contributed by atoms with Crippen LogP contribution in [-0.4, -0.2) is 10.4 Å². The number of nitrogens with zero attached hydrogens (tertiary/aromatic N) is 1. The maximum Gasteiger partial charge on any atom is 0.0794 e. The quantitative estimate of drug-likeness (QED) is 0.652. The molecule has 0 saturated heterocycles. The summed E-state index contributed by atoms with van der Waals surface area (Å²) in [6, 6.07) is 0.